The average Bonchev–Trinajstić information content (AvgIpc) is 2.67. The van der Waals surface area contributed by atoms with Crippen LogP contribution in [0.5, 0.6) is 5.75 Å². The van der Waals surface area contributed by atoms with Crippen molar-refractivity contribution in [2.24, 2.45) is 0 Å². The molecule has 0 aliphatic carbocycles. The Morgan fingerprint density at radius 2 is 1.76 bits per heavy atom. The number of anilines is 1. The number of carbonyl (C=O) groups is 2. The molecule has 0 aromatic heterocycles. The Morgan fingerprint density at radius 1 is 1.07 bits per heavy atom. The molecule has 0 heterocycles. The van der Waals surface area contributed by atoms with E-state index in [4.69, 9.17) is 26.3 Å². The Labute approximate surface area is 175 Å². The van der Waals surface area contributed by atoms with Crippen molar-refractivity contribution >= 4 is 29.2 Å². The number of hydrogen-bond acceptors (Lipinski definition) is 5. The number of rotatable bonds is 8. The van der Waals surface area contributed by atoms with Gasteiger partial charge in [-0.3, -0.25) is 4.79 Å². The van der Waals surface area contributed by atoms with E-state index in [0.29, 0.717) is 16.5 Å². The summed E-state index contributed by atoms with van der Waals surface area (Å²) in [5.41, 5.74) is 3.44. The van der Waals surface area contributed by atoms with Gasteiger partial charge in [-0.2, -0.15) is 5.26 Å². The van der Waals surface area contributed by atoms with Gasteiger partial charge in [-0.05, 0) is 67.8 Å². The molecule has 2 aromatic rings. The van der Waals surface area contributed by atoms with Crippen LogP contribution in [-0.2, 0) is 14.3 Å². The fourth-order valence-corrected chi connectivity index (χ4v) is 2.89. The number of nitriles is 1. The van der Waals surface area contributed by atoms with E-state index in [0.717, 1.165) is 16.7 Å². The van der Waals surface area contributed by atoms with Crippen molar-refractivity contribution in [1.29, 1.82) is 5.26 Å². The van der Waals surface area contributed by atoms with Gasteiger partial charge in [0.2, 0.25) is 0 Å². The summed E-state index contributed by atoms with van der Waals surface area (Å²) in [4.78, 5) is 26.0. The highest BCUT2D eigenvalue weighted by molar-refractivity contribution is 6.31. The number of benzene rings is 2. The highest BCUT2D eigenvalue weighted by Crippen LogP contribution is 2.23. The van der Waals surface area contributed by atoms with Crippen molar-refractivity contribution in [1.82, 2.24) is 0 Å². The monoisotopic (exact) mass is 414 g/mol. The number of ether oxygens (including phenoxy) is 2. The van der Waals surface area contributed by atoms with E-state index in [1.807, 2.05) is 45.0 Å². The van der Waals surface area contributed by atoms with Crippen LogP contribution in [0.2, 0.25) is 5.02 Å². The lowest BCUT2D eigenvalue weighted by atomic mass is 10.1. The Kier molecular flexibility index (Phi) is 8.05. The van der Waals surface area contributed by atoms with Crippen LogP contribution in [-0.4, -0.2) is 31.6 Å². The molecule has 2 rings (SSSR count). The van der Waals surface area contributed by atoms with Crippen LogP contribution >= 0.6 is 11.6 Å². The molecule has 1 amide bonds. The van der Waals surface area contributed by atoms with Gasteiger partial charge in [0, 0.05) is 17.3 Å². The normalized spacial score (nSPS) is 10.2. The highest BCUT2D eigenvalue weighted by atomic mass is 35.5. The molecule has 2 aromatic carbocycles. The summed E-state index contributed by atoms with van der Waals surface area (Å²) in [5.74, 6) is -0.509. The van der Waals surface area contributed by atoms with Gasteiger partial charge in [-0.15, -0.1) is 0 Å². The fraction of sp³-hybridized carbons (Fsp3) is 0.318. The lowest BCUT2D eigenvalue weighted by Gasteiger charge is -2.22. The minimum atomic E-state index is -0.648. The Bertz CT molecular complexity index is 917. The SMILES string of the molecule is Cc1cc(C)cc(OCC(=O)OCC(=O)N(CCC#N)c2ccc(Cl)c(C)c2)c1. The van der Waals surface area contributed by atoms with E-state index in [-0.39, 0.29) is 19.6 Å². The number of esters is 1. The molecule has 0 saturated carbocycles. The molecule has 0 radical (unpaired) electrons. The first-order valence-corrected chi connectivity index (χ1v) is 9.48. The molecule has 6 nitrogen and oxygen atoms in total. The molecule has 0 atom stereocenters. The second-order valence-corrected chi connectivity index (χ2v) is 7.07. The van der Waals surface area contributed by atoms with Crippen LogP contribution in [0.15, 0.2) is 36.4 Å². The van der Waals surface area contributed by atoms with E-state index in [1.54, 1.807) is 18.2 Å². The minimum Gasteiger partial charge on any atom is -0.482 e. The molecule has 0 spiro atoms. The third-order valence-electron chi connectivity index (χ3n) is 4.11. The minimum absolute atomic E-state index is 0.150. The van der Waals surface area contributed by atoms with Gasteiger partial charge < -0.3 is 14.4 Å². The van der Waals surface area contributed by atoms with E-state index in [1.165, 1.54) is 4.90 Å². The summed E-state index contributed by atoms with van der Waals surface area (Å²) in [5, 5.41) is 9.45. The topological polar surface area (TPSA) is 79.6 Å². The summed E-state index contributed by atoms with van der Waals surface area (Å²) in [6.07, 6.45) is 0.150. The van der Waals surface area contributed by atoms with Crippen molar-refractivity contribution in [3.05, 3.63) is 58.1 Å². The van der Waals surface area contributed by atoms with Crippen molar-refractivity contribution in [3.8, 4) is 11.8 Å². The second-order valence-electron chi connectivity index (χ2n) is 6.66. The average molecular weight is 415 g/mol. The van der Waals surface area contributed by atoms with Gasteiger partial charge >= 0.3 is 5.97 Å². The van der Waals surface area contributed by atoms with Crippen LogP contribution < -0.4 is 9.64 Å². The first kappa shape index (κ1) is 22.3. The largest absolute Gasteiger partial charge is 0.482 e. The van der Waals surface area contributed by atoms with Crippen molar-refractivity contribution in [2.45, 2.75) is 27.2 Å². The summed E-state index contributed by atoms with van der Waals surface area (Å²) in [7, 11) is 0. The van der Waals surface area contributed by atoms with Crippen molar-refractivity contribution in [2.75, 3.05) is 24.7 Å². The third kappa shape index (κ3) is 6.81. The zero-order chi connectivity index (χ0) is 21.4. The maximum atomic E-state index is 12.6. The lowest BCUT2D eigenvalue weighted by molar-refractivity contribution is -0.149. The van der Waals surface area contributed by atoms with Crippen LogP contribution in [0.25, 0.3) is 0 Å². The predicted molar refractivity (Wildman–Crippen MR) is 111 cm³/mol. The smallest absolute Gasteiger partial charge is 0.344 e. The number of hydrogen-bond donors (Lipinski definition) is 0. The third-order valence-corrected chi connectivity index (χ3v) is 4.53. The molecule has 7 heteroatoms. The van der Waals surface area contributed by atoms with Gasteiger partial charge in [-0.25, -0.2) is 4.79 Å². The molecule has 0 unspecified atom stereocenters. The number of nitrogens with zero attached hydrogens (tertiary/aromatic N) is 2. The second kappa shape index (κ2) is 10.5. The number of halogens is 1. The Morgan fingerprint density at radius 3 is 2.38 bits per heavy atom. The van der Waals surface area contributed by atoms with Gasteiger partial charge in [0.1, 0.15) is 5.75 Å². The van der Waals surface area contributed by atoms with Crippen molar-refractivity contribution < 1.29 is 19.1 Å². The van der Waals surface area contributed by atoms with E-state index >= 15 is 0 Å². The zero-order valence-corrected chi connectivity index (χ0v) is 17.5. The standard InChI is InChI=1S/C22H23ClN2O4/c1-15-9-16(2)11-19(10-15)28-14-22(27)29-13-21(26)25(8-4-7-24)18-5-6-20(23)17(3)12-18/h5-6,9-12H,4,8,13-14H2,1-3H3. The molecule has 0 bridgehead atoms. The molecule has 0 aliphatic rings. The maximum Gasteiger partial charge on any atom is 0.344 e. The first-order chi connectivity index (χ1) is 13.8. The summed E-state index contributed by atoms with van der Waals surface area (Å²) < 4.78 is 10.5. The van der Waals surface area contributed by atoms with Crippen LogP contribution in [0.1, 0.15) is 23.1 Å². The molecular weight excluding hydrogens is 392 g/mol. The van der Waals surface area contributed by atoms with E-state index < -0.39 is 18.5 Å². The van der Waals surface area contributed by atoms with Crippen LogP contribution in [0, 0.1) is 32.1 Å². The first-order valence-electron chi connectivity index (χ1n) is 9.10. The van der Waals surface area contributed by atoms with Crippen LogP contribution in [0.3, 0.4) is 0 Å². The Hall–Kier alpha value is -3.04. The highest BCUT2D eigenvalue weighted by Gasteiger charge is 2.18. The van der Waals surface area contributed by atoms with Crippen LogP contribution in [0.4, 0.5) is 5.69 Å². The number of amides is 1. The molecule has 0 aliphatic heterocycles. The summed E-state index contributed by atoms with van der Waals surface area (Å²) >= 11 is 6.04. The van der Waals surface area contributed by atoms with E-state index in [2.05, 4.69) is 0 Å². The maximum absolute atomic E-state index is 12.6. The molecular formula is C22H23ClN2O4. The van der Waals surface area contributed by atoms with E-state index in [9.17, 15) is 9.59 Å². The quantitative estimate of drug-likeness (QED) is 0.606. The zero-order valence-electron chi connectivity index (χ0n) is 16.7. The van der Waals surface area contributed by atoms with Gasteiger partial charge in [0.15, 0.2) is 13.2 Å². The molecule has 152 valence electrons. The van der Waals surface area contributed by atoms with Crippen molar-refractivity contribution in [3.63, 3.8) is 0 Å². The molecule has 0 saturated heterocycles. The summed E-state index contributed by atoms with van der Waals surface area (Å²) in [6, 6.07) is 12.8. The van der Waals surface area contributed by atoms with Gasteiger partial charge in [-0.1, -0.05) is 17.7 Å². The fourth-order valence-electron chi connectivity index (χ4n) is 2.78. The number of carbonyl (C=O) groups excluding carboxylic acids is 2. The van der Waals surface area contributed by atoms with Gasteiger partial charge in [0.25, 0.3) is 5.91 Å². The number of aryl methyl sites for hydroxylation is 3. The molecule has 29 heavy (non-hydrogen) atoms. The Balaban J connectivity index is 1.95. The summed E-state index contributed by atoms with van der Waals surface area (Å²) in [6.45, 7) is 5.14. The molecule has 0 N–H and O–H groups in total. The van der Waals surface area contributed by atoms with Gasteiger partial charge in [0.05, 0.1) is 12.5 Å². The predicted octanol–water partition coefficient (Wildman–Crippen LogP) is 4.13. The molecule has 0 fully saturated rings. The lowest BCUT2D eigenvalue weighted by Crippen LogP contribution is -2.36.